The third kappa shape index (κ3) is 4.87. The van der Waals surface area contributed by atoms with Crippen LogP contribution in [0.3, 0.4) is 0 Å². The van der Waals surface area contributed by atoms with Crippen molar-refractivity contribution in [3.05, 3.63) is 32.4 Å². The Morgan fingerprint density at radius 1 is 1.30 bits per heavy atom. The van der Waals surface area contributed by atoms with E-state index in [1.165, 1.54) is 10.9 Å². The number of fused-ring (bicyclic) bond motifs is 1. The maximum Gasteiger partial charge on any atom is 0.352 e. The monoisotopic (exact) mass is 501 g/mol. The van der Waals surface area contributed by atoms with Gasteiger partial charge < -0.3 is 9.47 Å². The molecular weight excluding hydrogens is 480 g/mol. The maximum atomic E-state index is 14.8. The van der Waals surface area contributed by atoms with E-state index in [-0.39, 0.29) is 46.3 Å². The Kier molecular flexibility index (Phi) is 6.96. The van der Waals surface area contributed by atoms with Gasteiger partial charge in [-0.3, -0.25) is 14.8 Å². The number of nitrogens with zero attached hydrogens (tertiary/aromatic N) is 7. The van der Waals surface area contributed by atoms with Gasteiger partial charge >= 0.3 is 11.6 Å². The van der Waals surface area contributed by atoms with E-state index in [1.807, 2.05) is 0 Å². The molecule has 1 aliphatic carbocycles. The number of ether oxygens (including phenoxy) is 2. The van der Waals surface area contributed by atoms with Crippen LogP contribution in [0.4, 0.5) is 10.1 Å². The first-order chi connectivity index (χ1) is 15.8. The predicted molar refractivity (Wildman–Crippen MR) is 118 cm³/mol. The molecule has 1 aliphatic rings. The lowest BCUT2D eigenvalue weighted by Gasteiger charge is -2.28. The van der Waals surface area contributed by atoms with Crippen LogP contribution in [0.2, 0.25) is 10.4 Å². The highest BCUT2D eigenvalue weighted by Gasteiger charge is 2.32. The molecule has 0 spiro atoms. The van der Waals surface area contributed by atoms with Crippen LogP contribution in [0, 0.1) is 17.0 Å². The molecule has 4 rings (SSSR count). The maximum absolute atomic E-state index is 14.8. The second-order valence-electron chi connectivity index (χ2n) is 7.86. The van der Waals surface area contributed by atoms with Gasteiger partial charge in [0.05, 0.1) is 29.0 Å². The molecule has 0 saturated heterocycles. The molecule has 0 N–H and O–H groups in total. The fourth-order valence-electron chi connectivity index (χ4n) is 4.11. The van der Waals surface area contributed by atoms with Crippen LogP contribution in [0.25, 0.3) is 11.0 Å². The molecule has 178 valence electrons. The summed E-state index contributed by atoms with van der Waals surface area (Å²) in [5, 5.41) is 20.5. The summed E-state index contributed by atoms with van der Waals surface area (Å²) in [7, 11) is 1.68. The molecule has 0 radical (unpaired) electrons. The molecule has 0 bridgehead atoms. The molecule has 3 aromatic heterocycles. The number of hydrogen-bond acceptors (Lipinski definition) is 8. The van der Waals surface area contributed by atoms with Gasteiger partial charge in [-0.05, 0) is 44.2 Å². The number of alkyl halides is 1. The fraction of sp³-hybridized carbons (Fsp3) is 0.579. The minimum Gasteiger partial charge on any atom is -0.469 e. The zero-order chi connectivity index (χ0) is 23.7. The Morgan fingerprint density at radius 2 is 2.03 bits per heavy atom. The van der Waals surface area contributed by atoms with E-state index >= 15 is 0 Å². The quantitative estimate of drug-likeness (QED) is 0.256. The molecule has 3 aromatic rings. The standard InChI is InChI=1S/C19H22Cl2FN7O4/c1-10-15(29(30)31)18(26-28(10)12-3-5-13(32-2)6-4-12)33-9-11(22)8-27-17-14(16(20)25-27)7-23-19(21)24-17/h7,11-13H,3-6,8-9H2,1-2H3. The largest absolute Gasteiger partial charge is 0.469 e. The summed E-state index contributed by atoms with van der Waals surface area (Å²) in [6, 6.07) is -0.00404. The summed E-state index contributed by atoms with van der Waals surface area (Å²) in [5.41, 5.74) is 0.394. The number of nitro groups is 1. The van der Waals surface area contributed by atoms with Crippen LogP contribution in [0.1, 0.15) is 37.4 Å². The van der Waals surface area contributed by atoms with Crippen LogP contribution in [0.15, 0.2) is 6.20 Å². The topological polar surface area (TPSA) is 123 Å². The Bertz CT molecular complexity index is 1160. The lowest BCUT2D eigenvalue weighted by Crippen LogP contribution is -2.24. The van der Waals surface area contributed by atoms with Crippen LogP contribution in [-0.2, 0) is 11.3 Å². The molecule has 3 heterocycles. The van der Waals surface area contributed by atoms with E-state index in [1.54, 1.807) is 18.7 Å². The van der Waals surface area contributed by atoms with Crippen LogP contribution in [-0.4, -0.2) is 60.4 Å². The third-order valence-electron chi connectivity index (χ3n) is 5.78. The van der Waals surface area contributed by atoms with Gasteiger partial charge in [0, 0.05) is 13.3 Å². The van der Waals surface area contributed by atoms with Crippen molar-refractivity contribution in [1.29, 1.82) is 0 Å². The van der Waals surface area contributed by atoms with E-state index in [2.05, 4.69) is 20.2 Å². The number of hydrogen-bond donors (Lipinski definition) is 0. The predicted octanol–water partition coefficient (Wildman–Crippen LogP) is 4.09. The smallest absolute Gasteiger partial charge is 0.352 e. The summed E-state index contributed by atoms with van der Waals surface area (Å²) in [6.07, 6.45) is 3.25. The lowest BCUT2D eigenvalue weighted by atomic mass is 9.93. The van der Waals surface area contributed by atoms with E-state index in [0.717, 1.165) is 25.7 Å². The zero-order valence-electron chi connectivity index (χ0n) is 17.9. The molecule has 1 fully saturated rings. The van der Waals surface area contributed by atoms with Gasteiger partial charge in [0.1, 0.15) is 12.3 Å². The number of rotatable bonds is 8. The highest BCUT2D eigenvalue weighted by Crippen LogP contribution is 2.36. The highest BCUT2D eigenvalue weighted by atomic mass is 35.5. The van der Waals surface area contributed by atoms with Crippen molar-refractivity contribution >= 4 is 39.9 Å². The van der Waals surface area contributed by atoms with Crippen molar-refractivity contribution < 1.29 is 18.8 Å². The van der Waals surface area contributed by atoms with Crippen molar-refractivity contribution in [1.82, 2.24) is 29.5 Å². The second kappa shape index (κ2) is 9.74. The van der Waals surface area contributed by atoms with Crippen molar-refractivity contribution in [2.45, 2.75) is 57.5 Å². The number of halogens is 3. The summed E-state index contributed by atoms with van der Waals surface area (Å²) in [4.78, 5) is 19.0. The van der Waals surface area contributed by atoms with Gasteiger partial charge in [-0.25, -0.2) is 14.1 Å². The number of aromatic nitrogens is 6. The van der Waals surface area contributed by atoms with Gasteiger partial charge in [-0.15, -0.1) is 5.10 Å². The van der Waals surface area contributed by atoms with Crippen LogP contribution < -0.4 is 4.74 Å². The SMILES string of the molecule is COC1CCC(n2nc(OCC(F)Cn3nc(Cl)c4cnc(Cl)nc43)c([N+](=O)[O-])c2C)CC1. The normalized spacial score (nSPS) is 19.7. The Labute approximate surface area is 197 Å². The van der Waals surface area contributed by atoms with Crippen molar-refractivity contribution in [3.63, 3.8) is 0 Å². The van der Waals surface area contributed by atoms with Gasteiger partial charge in [0.15, 0.2) is 17.0 Å². The molecular formula is C19H22Cl2FN7O4. The second-order valence-corrected chi connectivity index (χ2v) is 8.56. The fourth-order valence-corrected chi connectivity index (χ4v) is 4.46. The minimum atomic E-state index is -1.57. The Morgan fingerprint density at radius 3 is 2.70 bits per heavy atom. The van der Waals surface area contributed by atoms with E-state index in [9.17, 15) is 14.5 Å². The molecule has 0 aliphatic heterocycles. The lowest BCUT2D eigenvalue weighted by molar-refractivity contribution is -0.386. The first-order valence-electron chi connectivity index (χ1n) is 10.4. The van der Waals surface area contributed by atoms with Crippen LogP contribution >= 0.6 is 23.2 Å². The molecule has 33 heavy (non-hydrogen) atoms. The van der Waals surface area contributed by atoms with Gasteiger partial charge in [0.25, 0.3) is 0 Å². The van der Waals surface area contributed by atoms with E-state index < -0.39 is 17.7 Å². The molecule has 1 saturated carbocycles. The summed E-state index contributed by atoms with van der Waals surface area (Å²) < 4.78 is 28.5. The average molecular weight is 502 g/mol. The Hall–Kier alpha value is -2.57. The first kappa shape index (κ1) is 23.6. The van der Waals surface area contributed by atoms with E-state index in [4.69, 9.17) is 32.7 Å². The average Bonchev–Trinajstić information content (AvgIpc) is 3.28. The first-order valence-corrected chi connectivity index (χ1v) is 11.1. The van der Waals surface area contributed by atoms with Crippen molar-refractivity contribution in [2.24, 2.45) is 0 Å². The van der Waals surface area contributed by atoms with Crippen LogP contribution in [0.5, 0.6) is 5.88 Å². The van der Waals surface area contributed by atoms with Gasteiger partial charge in [0.2, 0.25) is 5.28 Å². The number of methoxy groups -OCH3 is 1. The molecule has 1 atom stereocenters. The van der Waals surface area contributed by atoms with Gasteiger partial charge in [-0.2, -0.15) is 10.1 Å². The zero-order valence-corrected chi connectivity index (χ0v) is 19.5. The molecule has 1 unspecified atom stereocenters. The van der Waals surface area contributed by atoms with Crippen molar-refractivity contribution in [2.75, 3.05) is 13.7 Å². The molecule has 14 heteroatoms. The van der Waals surface area contributed by atoms with E-state index in [0.29, 0.717) is 11.1 Å². The molecule has 11 nitrogen and oxygen atoms in total. The van der Waals surface area contributed by atoms with Gasteiger partial charge in [-0.1, -0.05) is 11.6 Å². The molecule has 0 aromatic carbocycles. The van der Waals surface area contributed by atoms with Crippen molar-refractivity contribution in [3.8, 4) is 5.88 Å². The summed E-state index contributed by atoms with van der Waals surface area (Å²) >= 11 is 11.9. The highest BCUT2D eigenvalue weighted by molar-refractivity contribution is 6.34. The summed E-state index contributed by atoms with van der Waals surface area (Å²) in [5.74, 6) is -0.206. The third-order valence-corrected chi connectivity index (χ3v) is 6.24. The summed E-state index contributed by atoms with van der Waals surface area (Å²) in [6.45, 7) is 0.908. The molecule has 0 amide bonds. The minimum absolute atomic E-state index is 0.00404. The Balaban J connectivity index is 1.48.